The van der Waals surface area contributed by atoms with Gasteiger partial charge in [-0.15, -0.1) is 0 Å². The smallest absolute Gasteiger partial charge is 0.216 e. The van der Waals surface area contributed by atoms with E-state index in [4.69, 9.17) is 12.2 Å². The van der Waals surface area contributed by atoms with E-state index in [0.29, 0.717) is 4.77 Å². The van der Waals surface area contributed by atoms with Crippen molar-refractivity contribution in [3.8, 4) is 5.69 Å². The third-order valence-electron chi connectivity index (χ3n) is 3.68. The number of hydrogen-bond donors (Lipinski definition) is 1. The average molecular weight is 390 g/mol. The molecule has 0 amide bonds. The van der Waals surface area contributed by atoms with E-state index in [1.807, 2.05) is 25.3 Å². The van der Waals surface area contributed by atoms with Gasteiger partial charge in [0.05, 0.1) is 6.21 Å². The van der Waals surface area contributed by atoms with E-state index < -0.39 is 0 Å². The molecule has 0 bridgehead atoms. The molecule has 7 heteroatoms. The SMILES string of the molecule is Cc1cc(C=Nn2c(C)n[nH]c2=S)c(C)n1-c1ccc(Br)cc1. The van der Waals surface area contributed by atoms with Gasteiger partial charge in [-0.05, 0) is 63.3 Å². The zero-order valence-electron chi connectivity index (χ0n) is 13.0. The van der Waals surface area contributed by atoms with Gasteiger partial charge in [0.25, 0.3) is 0 Å². The molecule has 1 N–H and O–H groups in total. The maximum Gasteiger partial charge on any atom is 0.216 e. The Labute approximate surface area is 147 Å². The number of nitrogens with one attached hydrogen (secondary N) is 1. The quantitative estimate of drug-likeness (QED) is 0.536. The van der Waals surface area contributed by atoms with Crippen LogP contribution in [0.1, 0.15) is 22.8 Å². The summed E-state index contributed by atoms with van der Waals surface area (Å²) in [6.45, 7) is 6.02. The molecular formula is C16H16BrN5S. The molecule has 3 rings (SSSR count). The van der Waals surface area contributed by atoms with Crippen LogP contribution in [0.3, 0.4) is 0 Å². The lowest BCUT2D eigenvalue weighted by Gasteiger charge is -2.09. The lowest BCUT2D eigenvalue weighted by molar-refractivity contribution is 0.820. The normalized spacial score (nSPS) is 11.5. The molecule has 0 radical (unpaired) electrons. The summed E-state index contributed by atoms with van der Waals surface area (Å²) in [6, 6.07) is 10.4. The van der Waals surface area contributed by atoms with Crippen LogP contribution in [0.15, 0.2) is 39.9 Å². The van der Waals surface area contributed by atoms with Crippen LogP contribution in [-0.2, 0) is 0 Å². The summed E-state index contributed by atoms with van der Waals surface area (Å²) in [5.41, 5.74) is 4.45. The lowest BCUT2D eigenvalue weighted by atomic mass is 10.2. The van der Waals surface area contributed by atoms with Crippen molar-refractivity contribution in [2.75, 3.05) is 0 Å². The summed E-state index contributed by atoms with van der Waals surface area (Å²) in [6.07, 6.45) is 1.82. The van der Waals surface area contributed by atoms with Crippen LogP contribution >= 0.6 is 28.1 Å². The highest BCUT2D eigenvalue weighted by atomic mass is 79.9. The first kappa shape index (κ1) is 15.9. The molecule has 0 aliphatic heterocycles. The van der Waals surface area contributed by atoms with Gasteiger partial charge in [0, 0.05) is 27.1 Å². The Morgan fingerprint density at radius 1 is 1.22 bits per heavy atom. The molecule has 23 heavy (non-hydrogen) atoms. The molecule has 5 nitrogen and oxygen atoms in total. The second kappa shape index (κ2) is 6.25. The highest BCUT2D eigenvalue weighted by Crippen LogP contribution is 2.21. The van der Waals surface area contributed by atoms with Crippen LogP contribution in [0.2, 0.25) is 0 Å². The van der Waals surface area contributed by atoms with Crippen LogP contribution < -0.4 is 0 Å². The van der Waals surface area contributed by atoms with Crippen molar-refractivity contribution in [3.05, 3.63) is 62.4 Å². The Hall–Kier alpha value is -1.99. The van der Waals surface area contributed by atoms with Gasteiger partial charge in [0.2, 0.25) is 4.77 Å². The molecule has 1 aromatic carbocycles. The number of aromatic amines is 1. The molecular weight excluding hydrogens is 374 g/mol. The first-order chi connectivity index (χ1) is 11.0. The van der Waals surface area contributed by atoms with Gasteiger partial charge in [0.1, 0.15) is 5.82 Å². The van der Waals surface area contributed by atoms with Gasteiger partial charge in [-0.3, -0.25) is 5.10 Å². The van der Waals surface area contributed by atoms with Crippen molar-refractivity contribution in [1.29, 1.82) is 0 Å². The van der Waals surface area contributed by atoms with Gasteiger partial charge < -0.3 is 4.57 Å². The third-order valence-corrected chi connectivity index (χ3v) is 4.47. The Bertz CT molecular complexity index is 931. The zero-order chi connectivity index (χ0) is 16.6. The Balaban J connectivity index is 2.01. The van der Waals surface area contributed by atoms with E-state index in [9.17, 15) is 0 Å². The fourth-order valence-electron chi connectivity index (χ4n) is 2.53. The van der Waals surface area contributed by atoms with E-state index in [-0.39, 0.29) is 0 Å². The Morgan fingerprint density at radius 3 is 2.52 bits per heavy atom. The number of halogens is 1. The van der Waals surface area contributed by atoms with Crippen molar-refractivity contribution in [3.63, 3.8) is 0 Å². The second-order valence-electron chi connectivity index (χ2n) is 5.27. The maximum absolute atomic E-state index is 5.16. The highest BCUT2D eigenvalue weighted by Gasteiger charge is 2.09. The standard InChI is InChI=1S/C16H16BrN5S/c1-10-8-13(9-18-22-12(3)19-20-16(22)23)11(2)21(10)15-6-4-14(17)5-7-15/h4-9H,1-3H3,(H,20,23). The number of benzene rings is 1. The summed E-state index contributed by atoms with van der Waals surface area (Å²) in [7, 11) is 0. The second-order valence-corrected chi connectivity index (χ2v) is 6.57. The van der Waals surface area contributed by atoms with E-state index in [2.05, 4.69) is 67.8 Å². The summed E-state index contributed by atoms with van der Waals surface area (Å²) in [4.78, 5) is 0. The predicted octanol–water partition coefficient (Wildman–Crippen LogP) is 4.30. The molecule has 0 saturated heterocycles. The van der Waals surface area contributed by atoms with Crippen molar-refractivity contribution < 1.29 is 0 Å². The molecule has 0 aliphatic rings. The Kier molecular flexibility index (Phi) is 4.32. The number of aryl methyl sites for hydroxylation is 2. The van der Waals surface area contributed by atoms with Gasteiger partial charge in [-0.2, -0.15) is 14.9 Å². The highest BCUT2D eigenvalue weighted by molar-refractivity contribution is 9.10. The summed E-state index contributed by atoms with van der Waals surface area (Å²) in [5, 5.41) is 11.2. The molecule has 0 saturated carbocycles. The first-order valence-electron chi connectivity index (χ1n) is 7.10. The number of nitrogens with zero attached hydrogens (tertiary/aromatic N) is 4. The molecule has 0 spiro atoms. The summed E-state index contributed by atoms with van der Waals surface area (Å²) in [5.74, 6) is 0.730. The molecule has 0 aliphatic carbocycles. The fraction of sp³-hybridized carbons (Fsp3) is 0.188. The van der Waals surface area contributed by atoms with Crippen LogP contribution in [-0.4, -0.2) is 25.7 Å². The molecule has 2 aromatic heterocycles. The molecule has 0 unspecified atom stereocenters. The van der Waals surface area contributed by atoms with E-state index in [0.717, 1.165) is 32.9 Å². The molecule has 118 valence electrons. The summed E-state index contributed by atoms with van der Waals surface area (Å²) >= 11 is 8.63. The maximum atomic E-state index is 5.16. The number of aromatic nitrogens is 4. The van der Waals surface area contributed by atoms with E-state index >= 15 is 0 Å². The predicted molar refractivity (Wildman–Crippen MR) is 98.1 cm³/mol. The van der Waals surface area contributed by atoms with Crippen molar-refractivity contribution in [1.82, 2.24) is 19.4 Å². The van der Waals surface area contributed by atoms with Gasteiger partial charge in [-0.1, -0.05) is 15.9 Å². The molecule has 3 aromatic rings. The summed E-state index contributed by atoms with van der Waals surface area (Å²) < 4.78 is 5.37. The van der Waals surface area contributed by atoms with Crippen molar-refractivity contribution in [2.24, 2.45) is 5.10 Å². The van der Waals surface area contributed by atoms with Crippen LogP contribution in [0, 0.1) is 25.5 Å². The fourth-order valence-corrected chi connectivity index (χ4v) is 3.02. The monoisotopic (exact) mass is 389 g/mol. The van der Waals surface area contributed by atoms with Gasteiger partial charge in [-0.25, -0.2) is 0 Å². The van der Waals surface area contributed by atoms with Crippen LogP contribution in [0.4, 0.5) is 0 Å². The lowest BCUT2D eigenvalue weighted by Crippen LogP contribution is -2.00. The topological polar surface area (TPSA) is 50.9 Å². The van der Waals surface area contributed by atoms with E-state index in [1.54, 1.807) is 4.68 Å². The minimum Gasteiger partial charge on any atom is -0.318 e. The van der Waals surface area contributed by atoms with Gasteiger partial charge >= 0.3 is 0 Å². The molecule has 0 fully saturated rings. The third kappa shape index (κ3) is 3.07. The average Bonchev–Trinajstić information content (AvgIpc) is 2.98. The minimum absolute atomic E-state index is 0.487. The van der Waals surface area contributed by atoms with Crippen LogP contribution in [0.5, 0.6) is 0 Å². The largest absolute Gasteiger partial charge is 0.318 e. The van der Waals surface area contributed by atoms with E-state index in [1.165, 1.54) is 0 Å². The Morgan fingerprint density at radius 2 is 1.91 bits per heavy atom. The molecule has 0 atom stereocenters. The van der Waals surface area contributed by atoms with Crippen molar-refractivity contribution >= 4 is 34.4 Å². The zero-order valence-corrected chi connectivity index (χ0v) is 15.4. The number of rotatable bonds is 3. The number of hydrogen-bond acceptors (Lipinski definition) is 3. The van der Waals surface area contributed by atoms with Crippen LogP contribution in [0.25, 0.3) is 5.69 Å². The number of H-pyrrole nitrogens is 1. The van der Waals surface area contributed by atoms with Crippen molar-refractivity contribution in [2.45, 2.75) is 20.8 Å². The molecule has 2 heterocycles. The first-order valence-corrected chi connectivity index (χ1v) is 8.31. The van der Waals surface area contributed by atoms with Gasteiger partial charge in [0.15, 0.2) is 0 Å². The minimum atomic E-state index is 0.487.